The summed E-state index contributed by atoms with van der Waals surface area (Å²) in [5.41, 5.74) is 7.60. The standard InChI is InChI=1S/C16H27N3/c1-14(17)16(2,3)13-18-9-11-19(12-10-18)15-7-5-4-6-8-15/h4-8,14H,9-13,17H2,1-3H3. The van der Waals surface area contributed by atoms with E-state index in [1.54, 1.807) is 0 Å². The second-order valence-electron chi connectivity index (χ2n) is 6.38. The maximum absolute atomic E-state index is 6.07. The van der Waals surface area contributed by atoms with E-state index in [0.717, 1.165) is 32.7 Å². The van der Waals surface area contributed by atoms with Crippen LogP contribution in [0.1, 0.15) is 20.8 Å². The molecule has 3 heteroatoms. The molecule has 0 bridgehead atoms. The smallest absolute Gasteiger partial charge is 0.0367 e. The predicted octanol–water partition coefficient (Wildman–Crippen LogP) is 2.18. The first kappa shape index (κ1) is 14.4. The lowest BCUT2D eigenvalue weighted by atomic mass is 9.85. The monoisotopic (exact) mass is 261 g/mol. The molecule has 1 aromatic rings. The molecule has 0 saturated carbocycles. The van der Waals surface area contributed by atoms with Gasteiger partial charge >= 0.3 is 0 Å². The second-order valence-corrected chi connectivity index (χ2v) is 6.38. The molecule has 19 heavy (non-hydrogen) atoms. The van der Waals surface area contributed by atoms with Crippen molar-refractivity contribution in [3.63, 3.8) is 0 Å². The first-order chi connectivity index (χ1) is 8.99. The van der Waals surface area contributed by atoms with Gasteiger partial charge in [-0.15, -0.1) is 0 Å². The molecule has 0 aliphatic carbocycles. The van der Waals surface area contributed by atoms with E-state index in [0.29, 0.717) is 0 Å². The van der Waals surface area contributed by atoms with Crippen molar-refractivity contribution in [2.24, 2.45) is 11.1 Å². The molecular weight excluding hydrogens is 234 g/mol. The summed E-state index contributed by atoms with van der Waals surface area (Å²) in [4.78, 5) is 5.01. The van der Waals surface area contributed by atoms with Crippen molar-refractivity contribution in [1.82, 2.24) is 4.90 Å². The van der Waals surface area contributed by atoms with Crippen LogP contribution in [0, 0.1) is 5.41 Å². The molecule has 0 radical (unpaired) electrons. The van der Waals surface area contributed by atoms with E-state index in [2.05, 4.69) is 60.9 Å². The summed E-state index contributed by atoms with van der Waals surface area (Å²) in [6.45, 7) is 12.2. The fourth-order valence-corrected chi connectivity index (χ4v) is 2.52. The molecular formula is C16H27N3. The van der Waals surface area contributed by atoms with Gasteiger partial charge in [-0.1, -0.05) is 32.0 Å². The third-order valence-electron chi connectivity index (χ3n) is 4.36. The number of rotatable bonds is 4. The lowest BCUT2D eigenvalue weighted by Crippen LogP contribution is -2.51. The van der Waals surface area contributed by atoms with Crippen molar-refractivity contribution in [3.8, 4) is 0 Å². The fraction of sp³-hybridized carbons (Fsp3) is 0.625. The zero-order valence-corrected chi connectivity index (χ0v) is 12.5. The van der Waals surface area contributed by atoms with Gasteiger partial charge in [-0.25, -0.2) is 0 Å². The van der Waals surface area contributed by atoms with Crippen LogP contribution < -0.4 is 10.6 Å². The molecule has 0 aromatic heterocycles. The Morgan fingerprint density at radius 3 is 2.21 bits per heavy atom. The van der Waals surface area contributed by atoms with Crippen molar-refractivity contribution in [3.05, 3.63) is 30.3 Å². The minimum Gasteiger partial charge on any atom is -0.369 e. The van der Waals surface area contributed by atoms with Gasteiger partial charge in [-0.2, -0.15) is 0 Å². The maximum Gasteiger partial charge on any atom is 0.0367 e. The molecule has 1 aliphatic heterocycles. The molecule has 1 fully saturated rings. The largest absolute Gasteiger partial charge is 0.369 e. The van der Waals surface area contributed by atoms with Gasteiger partial charge in [0.25, 0.3) is 0 Å². The van der Waals surface area contributed by atoms with E-state index in [4.69, 9.17) is 5.73 Å². The van der Waals surface area contributed by atoms with Gasteiger partial charge < -0.3 is 10.6 Å². The van der Waals surface area contributed by atoms with E-state index >= 15 is 0 Å². The van der Waals surface area contributed by atoms with E-state index in [-0.39, 0.29) is 11.5 Å². The van der Waals surface area contributed by atoms with Crippen LogP contribution in [0.4, 0.5) is 5.69 Å². The Kier molecular flexibility index (Phi) is 4.48. The van der Waals surface area contributed by atoms with E-state index < -0.39 is 0 Å². The number of hydrogen-bond donors (Lipinski definition) is 1. The lowest BCUT2D eigenvalue weighted by Gasteiger charge is -2.41. The molecule has 1 aromatic carbocycles. The zero-order chi connectivity index (χ0) is 13.9. The van der Waals surface area contributed by atoms with Gasteiger partial charge in [-0.05, 0) is 24.5 Å². The number of para-hydroxylation sites is 1. The first-order valence-corrected chi connectivity index (χ1v) is 7.27. The van der Waals surface area contributed by atoms with Gasteiger partial charge in [0.05, 0.1) is 0 Å². The van der Waals surface area contributed by atoms with Crippen molar-refractivity contribution >= 4 is 5.69 Å². The molecule has 1 atom stereocenters. The molecule has 3 nitrogen and oxygen atoms in total. The molecule has 2 N–H and O–H groups in total. The van der Waals surface area contributed by atoms with Crippen LogP contribution in [0.15, 0.2) is 30.3 Å². The van der Waals surface area contributed by atoms with Crippen LogP contribution in [0.5, 0.6) is 0 Å². The maximum atomic E-state index is 6.07. The Morgan fingerprint density at radius 2 is 1.68 bits per heavy atom. The van der Waals surface area contributed by atoms with Gasteiger partial charge in [0.15, 0.2) is 0 Å². The highest BCUT2D eigenvalue weighted by Crippen LogP contribution is 2.22. The molecule has 1 aliphatic rings. The average molecular weight is 261 g/mol. The highest BCUT2D eigenvalue weighted by Gasteiger charge is 2.27. The van der Waals surface area contributed by atoms with Crippen molar-refractivity contribution in [2.45, 2.75) is 26.8 Å². The SMILES string of the molecule is CC(N)C(C)(C)CN1CCN(c2ccccc2)CC1. The van der Waals surface area contributed by atoms with E-state index in [9.17, 15) is 0 Å². The zero-order valence-electron chi connectivity index (χ0n) is 12.5. The third-order valence-corrected chi connectivity index (χ3v) is 4.36. The van der Waals surface area contributed by atoms with E-state index in [1.807, 2.05) is 0 Å². The minimum atomic E-state index is 0.189. The number of piperazine rings is 1. The van der Waals surface area contributed by atoms with Crippen LogP contribution in [-0.2, 0) is 0 Å². The van der Waals surface area contributed by atoms with Crippen molar-refractivity contribution in [1.29, 1.82) is 0 Å². The Labute approximate surface area is 117 Å². The molecule has 106 valence electrons. The van der Waals surface area contributed by atoms with Crippen LogP contribution in [0.25, 0.3) is 0 Å². The number of nitrogens with two attached hydrogens (primary N) is 1. The van der Waals surface area contributed by atoms with Crippen LogP contribution in [0.3, 0.4) is 0 Å². The summed E-state index contributed by atoms with van der Waals surface area (Å²) in [5.74, 6) is 0. The topological polar surface area (TPSA) is 32.5 Å². The number of benzene rings is 1. The average Bonchev–Trinajstić information content (AvgIpc) is 2.40. The van der Waals surface area contributed by atoms with Gasteiger partial charge in [0, 0.05) is 44.5 Å². The second kappa shape index (κ2) is 5.93. The minimum absolute atomic E-state index is 0.189. The molecule has 2 rings (SSSR count). The van der Waals surface area contributed by atoms with Gasteiger partial charge in [0.1, 0.15) is 0 Å². The molecule has 1 saturated heterocycles. The fourth-order valence-electron chi connectivity index (χ4n) is 2.52. The summed E-state index contributed by atoms with van der Waals surface area (Å²) in [7, 11) is 0. The summed E-state index contributed by atoms with van der Waals surface area (Å²) >= 11 is 0. The van der Waals surface area contributed by atoms with E-state index in [1.165, 1.54) is 5.69 Å². The summed E-state index contributed by atoms with van der Waals surface area (Å²) in [6.07, 6.45) is 0. The molecule has 0 amide bonds. The molecule has 1 unspecified atom stereocenters. The Balaban J connectivity index is 1.86. The van der Waals surface area contributed by atoms with Crippen molar-refractivity contribution in [2.75, 3.05) is 37.6 Å². The third kappa shape index (κ3) is 3.71. The van der Waals surface area contributed by atoms with Crippen LogP contribution >= 0.6 is 0 Å². The normalized spacial score (nSPS) is 19.5. The quantitative estimate of drug-likeness (QED) is 0.901. The summed E-state index contributed by atoms with van der Waals surface area (Å²) < 4.78 is 0. The van der Waals surface area contributed by atoms with Crippen LogP contribution in [-0.4, -0.2) is 43.7 Å². The summed E-state index contributed by atoms with van der Waals surface area (Å²) in [5, 5.41) is 0. The van der Waals surface area contributed by atoms with Gasteiger partial charge in [-0.3, -0.25) is 4.90 Å². The molecule has 0 spiro atoms. The predicted molar refractivity (Wildman–Crippen MR) is 82.5 cm³/mol. The van der Waals surface area contributed by atoms with Crippen LogP contribution in [0.2, 0.25) is 0 Å². The highest BCUT2D eigenvalue weighted by atomic mass is 15.3. The van der Waals surface area contributed by atoms with Crippen molar-refractivity contribution < 1.29 is 0 Å². The Morgan fingerprint density at radius 1 is 1.11 bits per heavy atom. The van der Waals surface area contributed by atoms with Gasteiger partial charge in [0.2, 0.25) is 0 Å². The highest BCUT2D eigenvalue weighted by molar-refractivity contribution is 5.46. The Bertz CT molecular complexity index is 378. The number of hydrogen-bond acceptors (Lipinski definition) is 3. The molecule has 1 heterocycles. The first-order valence-electron chi connectivity index (χ1n) is 7.27. The summed E-state index contributed by atoms with van der Waals surface area (Å²) in [6, 6.07) is 10.9. The number of nitrogens with zero attached hydrogens (tertiary/aromatic N) is 2. The lowest BCUT2D eigenvalue weighted by molar-refractivity contribution is 0.151. The number of anilines is 1. The Hall–Kier alpha value is -1.06.